The van der Waals surface area contributed by atoms with Crippen molar-refractivity contribution < 1.29 is 19.0 Å². The second-order valence-electron chi connectivity index (χ2n) is 5.48. The zero-order chi connectivity index (χ0) is 12.6. The Balaban J connectivity index is 1.65. The van der Waals surface area contributed by atoms with Gasteiger partial charge in [-0.15, -0.1) is 0 Å². The zero-order valence-electron chi connectivity index (χ0n) is 10.8. The first-order chi connectivity index (χ1) is 8.67. The quantitative estimate of drug-likeness (QED) is 0.530. The lowest BCUT2D eigenvalue weighted by atomic mass is 9.94. The third-order valence-electron chi connectivity index (χ3n) is 4.00. The normalized spacial score (nSPS) is 37.5. The fourth-order valence-electron chi connectivity index (χ4n) is 3.21. The number of hydrogen-bond donors (Lipinski definition) is 0. The minimum Gasteiger partial charge on any atom is -0.458 e. The summed E-state index contributed by atoms with van der Waals surface area (Å²) in [4.78, 5) is 11.0. The summed E-state index contributed by atoms with van der Waals surface area (Å²) in [6.45, 7) is 1.44. The summed E-state index contributed by atoms with van der Waals surface area (Å²) in [6.07, 6.45) is 10.2. The topological polar surface area (TPSA) is 44.8 Å². The number of carbonyl (C=O) groups excluding carboxylic acids is 1. The number of carbonyl (C=O) groups is 1. The van der Waals surface area contributed by atoms with E-state index in [4.69, 9.17) is 14.2 Å². The van der Waals surface area contributed by atoms with Gasteiger partial charge in [0.25, 0.3) is 0 Å². The van der Waals surface area contributed by atoms with E-state index in [0.717, 1.165) is 12.8 Å². The van der Waals surface area contributed by atoms with Crippen LogP contribution < -0.4 is 0 Å². The van der Waals surface area contributed by atoms with E-state index < -0.39 is 0 Å². The van der Waals surface area contributed by atoms with Crippen molar-refractivity contribution >= 4 is 5.97 Å². The SMILES string of the molecule is CC(=O)O[C@H]1C=C[C@@H]2OC3(CCCCC3)O[C@@H]2C1. The number of esters is 1. The number of fused-ring (bicyclic) bond motifs is 1. The maximum absolute atomic E-state index is 11.0. The van der Waals surface area contributed by atoms with Crippen LogP contribution in [0.3, 0.4) is 0 Å². The van der Waals surface area contributed by atoms with Gasteiger partial charge in [-0.2, -0.15) is 0 Å². The molecule has 0 bridgehead atoms. The van der Waals surface area contributed by atoms with Gasteiger partial charge in [0.15, 0.2) is 5.79 Å². The van der Waals surface area contributed by atoms with Crippen molar-refractivity contribution in [1.82, 2.24) is 0 Å². The Morgan fingerprint density at radius 3 is 2.72 bits per heavy atom. The minimum atomic E-state index is -0.358. The van der Waals surface area contributed by atoms with Crippen molar-refractivity contribution in [3.8, 4) is 0 Å². The van der Waals surface area contributed by atoms with Crippen molar-refractivity contribution in [3.05, 3.63) is 12.2 Å². The fraction of sp³-hybridized carbons (Fsp3) is 0.786. The molecule has 0 aromatic heterocycles. The molecule has 0 unspecified atom stereocenters. The molecule has 1 aliphatic heterocycles. The first-order valence-electron chi connectivity index (χ1n) is 6.88. The predicted octanol–water partition coefficient (Wildman–Crippen LogP) is 2.32. The minimum absolute atomic E-state index is 0.0370. The van der Waals surface area contributed by atoms with Gasteiger partial charge >= 0.3 is 5.97 Å². The van der Waals surface area contributed by atoms with Crippen LogP contribution >= 0.6 is 0 Å². The van der Waals surface area contributed by atoms with E-state index in [1.807, 2.05) is 12.2 Å². The van der Waals surface area contributed by atoms with Crippen LogP contribution in [0.5, 0.6) is 0 Å². The van der Waals surface area contributed by atoms with Crippen molar-refractivity contribution in [1.29, 1.82) is 0 Å². The average Bonchev–Trinajstić information content (AvgIpc) is 2.66. The molecule has 0 amide bonds. The summed E-state index contributed by atoms with van der Waals surface area (Å²) in [5.74, 6) is -0.599. The molecule has 3 aliphatic rings. The van der Waals surface area contributed by atoms with E-state index in [1.54, 1.807) is 0 Å². The average molecular weight is 252 g/mol. The Kier molecular flexibility index (Phi) is 3.16. The van der Waals surface area contributed by atoms with Gasteiger partial charge in [-0.05, 0) is 18.9 Å². The molecular formula is C14H20O4. The van der Waals surface area contributed by atoms with E-state index in [1.165, 1.54) is 26.2 Å². The van der Waals surface area contributed by atoms with Gasteiger partial charge < -0.3 is 14.2 Å². The van der Waals surface area contributed by atoms with Gasteiger partial charge in [-0.25, -0.2) is 0 Å². The second-order valence-corrected chi connectivity index (χ2v) is 5.48. The molecule has 1 saturated carbocycles. The predicted molar refractivity (Wildman–Crippen MR) is 64.9 cm³/mol. The summed E-state index contributed by atoms with van der Waals surface area (Å²) in [7, 11) is 0. The van der Waals surface area contributed by atoms with Gasteiger partial charge in [0.1, 0.15) is 12.2 Å². The van der Waals surface area contributed by atoms with Gasteiger partial charge in [-0.1, -0.05) is 12.5 Å². The van der Waals surface area contributed by atoms with Crippen molar-refractivity contribution in [2.45, 2.75) is 69.5 Å². The molecule has 0 aromatic carbocycles. The monoisotopic (exact) mass is 252 g/mol. The maximum Gasteiger partial charge on any atom is 0.303 e. The van der Waals surface area contributed by atoms with Gasteiger partial charge in [0.2, 0.25) is 0 Å². The first kappa shape index (κ1) is 12.2. The van der Waals surface area contributed by atoms with E-state index in [0.29, 0.717) is 6.42 Å². The van der Waals surface area contributed by atoms with Crippen LogP contribution in [0, 0.1) is 0 Å². The van der Waals surface area contributed by atoms with E-state index in [-0.39, 0.29) is 30.1 Å². The van der Waals surface area contributed by atoms with Crippen molar-refractivity contribution in [3.63, 3.8) is 0 Å². The molecular weight excluding hydrogens is 232 g/mol. The van der Waals surface area contributed by atoms with Crippen molar-refractivity contribution in [2.75, 3.05) is 0 Å². The van der Waals surface area contributed by atoms with E-state index in [2.05, 4.69) is 0 Å². The lowest BCUT2D eigenvalue weighted by Crippen LogP contribution is -2.34. The van der Waals surface area contributed by atoms with Crippen LogP contribution in [-0.4, -0.2) is 30.1 Å². The molecule has 0 N–H and O–H groups in total. The smallest absolute Gasteiger partial charge is 0.303 e. The molecule has 1 heterocycles. The second kappa shape index (κ2) is 4.67. The lowest BCUT2D eigenvalue weighted by Gasteiger charge is -2.31. The van der Waals surface area contributed by atoms with E-state index >= 15 is 0 Å². The van der Waals surface area contributed by atoms with Gasteiger partial charge in [0.05, 0.1) is 6.10 Å². The number of ether oxygens (including phenoxy) is 3. The number of rotatable bonds is 1. The Bertz CT molecular complexity index is 357. The van der Waals surface area contributed by atoms with Gasteiger partial charge in [0, 0.05) is 26.2 Å². The van der Waals surface area contributed by atoms with Gasteiger partial charge in [-0.3, -0.25) is 4.79 Å². The summed E-state index contributed by atoms with van der Waals surface area (Å²) in [5, 5.41) is 0. The van der Waals surface area contributed by atoms with Crippen molar-refractivity contribution in [2.24, 2.45) is 0 Å². The fourth-order valence-corrected chi connectivity index (χ4v) is 3.21. The molecule has 0 radical (unpaired) electrons. The highest BCUT2D eigenvalue weighted by molar-refractivity contribution is 5.66. The standard InChI is InChI=1S/C14H20O4/c1-10(15)16-11-5-6-12-13(9-11)18-14(17-12)7-3-2-4-8-14/h5-6,11-13H,2-4,7-9H2,1H3/t11-,12-,13+/m0/s1. The third kappa shape index (κ3) is 2.31. The van der Waals surface area contributed by atoms with Crippen LogP contribution in [0.4, 0.5) is 0 Å². The molecule has 1 spiro atoms. The molecule has 4 heteroatoms. The molecule has 0 aromatic rings. The summed E-state index contributed by atoms with van der Waals surface area (Å²) in [5.41, 5.74) is 0. The Morgan fingerprint density at radius 1 is 1.22 bits per heavy atom. The van der Waals surface area contributed by atoms with E-state index in [9.17, 15) is 4.79 Å². The Hall–Kier alpha value is -0.870. The molecule has 2 aliphatic carbocycles. The summed E-state index contributed by atoms with van der Waals surface area (Å²) >= 11 is 0. The molecule has 100 valence electrons. The summed E-state index contributed by atoms with van der Waals surface area (Å²) in [6, 6.07) is 0. The largest absolute Gasteiger partial charge is 0.458 e. The molecule has 3 atom stereocenters. The first-order valence-corrected chi connectivity index (χ1v) is 6.88. The van der Waals surface area contributed by atoms with Crippen LogP contribution in [0.1, 0.15) is 45.4 Å². The highest BCUT2D eigenvalue weighted by Gasteiger charge is 2.48. The molecule has 2 fully saturated rings. The third-order valence-corrected chi connectivity index (χ3v) is 4.00. The van der Waals surface area contributed by atoms with Crippen LogP contribution in [0.15, 0.2) is 12.2 Å². The van der Waals surface area contributed by atoms with Crippen LogP contribution in [0.2, 0.25) is 0 Å². The molecule has 18 heavy (non-hydrogen) atoms. The lowest BCUT2D eigenvalue weighted by molar-refractivity contribution is -0.192. The maximum atomic E-state index is 11.0. The molecule has 1 saturated heterocycles. The zero-order valence-corrected chi connectivity index (χ0v) is 10.8. The number of hydrogen-bond acceptors (Lipinski definition) is 4. The van der Waals surface area contributed by atoms with Crippen LogP contribution in [-0.2, 0) is 19.0 Å². The Morgan fingerprint density at radius 2 is 2.00 bits per heavy atom. The molecule has 4 nitrogen and oxygen atoms in total. The van der Waals surface area contributed by atoms with Crippen LogP contribution in [0.25, 0.3) is 0 Å². The molecule has 3 rings (SSSR count). The summed E-state index contributed by atoms with van der Waals surface area (Å²) < 4.78 is 17.5. The highest BCUT2D eigenvalue weighted by Crippen LogP contribution is 2.43. The Labute approximate surface area is 107 Å². The highest BCUT2D eigenvalue weighted by atomic mass is 16.8.